The summed E-state index contributed by atoms with van der Waals surface area (Å²) in [6, 6.07) is 3.45. The third-order valence-electron chi connectivity index (χ3n) is 3.37. The van der Waals surface area contributed by atoms with Crippen LogP contribution < -0.4 is 10.5 Å². The SMILES string of the molecule is CC1CC1CNS(=O)(=O)c1ccc(F)cc1C#CCN. The molecule has 0 radical (unpaired) electrons. The zero-order chi connectivity index (χ0) is 14.8. The fourth-order valence-corrected chi connectivity index (χ4v) is 3.19. The molecule has 0 aliphatic heterocycles. The van der Waals surface area contributed by atoms with E-state index in [9.17, 15) is 12.8 Å². The second-order valence-corrected chi connectivity index (χ2v) is 6.71. The van der Waals surface area contributed by atoms with Crippen molar-refractivity contribution in [2.45, 2.75) is 18.2 Å². The van der Waals surface area contributed by atoms with Crippen LogP contribution >= 0.6 is 0 Å². The minimum absolute atomic E-state index is 0.00634. The number of benzene rings is 1. The standard InChI is InChI=1S/C14H17FN2O2S/c1-10-7-12(10)9-17-20(18,19)14-5-4-13(15)8-11(14)3-2-6-16/h4-5,8,10,12,17H,6-7,9,16H2,1H3. The van der Waals surface area contributed by atoms with Gasteiger partial charge in [0.15, 0.2) is 0 Å². The van der Waals surface area contributed by atoms with Gasteiger partial charge in [-0.05, 0) is 36.5 Å². The maximum Gasteiger partial charge on any atom is 0.241 e. The summed E-state index contributed by atoms with van der Waals surface area (Å²) in [7, 11) is -3.68. The lowest BCUT2D eigenvalue weighted by Gasteiger charge is -2.08. The normalized spacial score (nSPS) is 21.1. The fourth-order valence-electron chi connectivity index (χ4n) is 1.96. The highest BCUT2D eigenvalue weighted by molar-refractivity contribution is 7.89. The molecular formula is C14H17FN2O2S. The Kier molecular flexibility index (Phi) is 4.43. The van der Waals surface area contributed by atoms with Gasteiger partial charge in [0.2, 0.25) is 10.0 Å². The highest BCUT2D eigenvalue weighted by Crippen LogP contribution is 2.37. The Morgan fingerprint density at radius 2 is 2.20 bits per heavy atom. The Morgan fingerprint density at radius 1 is 1.50 bits per heavy atom. The molecule has 1 fully saturated rings. The maximum atomic E-state index is 13.2. The van der Waals surface area contributed by atoms with Gasteiger partial charge in [-0.3, -0.25) is 0 Å². The van der Waals surface area contributed by atoms with E-state index in [0.29, 0.717) is 18.4 Å². The van der Waals surface area contributed by atoms with Gasteiger partial charge in [-0.2, -0.15) is 0 Å². The first kappa shape index (κ1) is 15.0. The average Bonchev–Trinajstić information content (AvgIpc) is 3.10. The number of halogens is 1. The van der Waals surface area contributed by atoms with E-state index < -0.39 is 15.8 Å². The van der Waals surface area contributed by atoms with Gasteiger partial charge in [-0.1, -0.05) is 18.8 Å². The second kappa shape index (κ2) is 5.92. The average molecular weight is 296 g/mol. The molecule has 0 spiro atoms. The van der Waals surface area contributed by atoms with Gasteiger partial charge >= 0.3 is 0 Å². The molecule has 2 rings (SSSR count). The molecule has 0 bridgehead atoms. The molecule has 0 aromatic heterocycles. The summed E-state index contributed by atoms with van der Waals surface area (Å²) in [6.45, 7) is 2.57. The lowest BCUT2D eigenvalue weighted by atomic mass is 10.2. The van der Waals surface area contributed by atoms with Gasteiger partial charge < -0.3 is 5.73 Å². The molecule has 0 saturated heterocycles. The summed E-state index contributed by atoms with van der Waals surface area (Å²) in [5, 5.41) is 0. The van der Waals surface area contributed by atoms with Crippen LogP contribution in [0.2, 0.25) is 0 Å². The zero-order valence-electron chi connectivity index (χ0n) is 11.2. The van der Waals surface area contributed by atoms with Gasteiger partial charge in [0.1, 0.15) is 5.82 Å². The number of nitrogens with one attached hydrogen (secondary N) is 1. The van der Waals surface area contributed by atoms with Crippen molar-refractivity contribution in [2.75, 3.05) is 13.1 Å². The molecule has 1 aromatic rings. The Hall–Kier alpha value is -1.42. The highest BCUT2D eigenvalue weighted by Gasteiger charge is 2.33. The summed E-state index contributed by atoms with van der Waals surface area (Å²) in [5.74, 6) is 5.57. The van der Waals surface area contributed by atoms with E-state index in [4.69, 9.17) is 5.73 Å². The molecule has 6 heteroatoms. The lowest BCUT2D eigenvalue weighted by molar-refractivity contribution is 0.573. The molecule has 0 heterocycles. The molecule has 2 atom stereocenters. The first-order chi connectivity index (χ1) is 9.44. The molecule has 1 aliphatic rings. The summed E-state index contributed by atoms with van der Waals surface area (Å²) < 4.78 is 40.2. The Balaban J connectivity index is 2.25. The first-order valence-corrected chi connectivity index (χ1v) is 7.90. The quantitative estimate of drug-likeness (QED) is 0.816. The molecule has 1 saturated carbocycles. The number of nitrogens with two attached hydrogens (primary N) is 1. The van der Waals surface area contributed by atoms with Crippen LogP contribution in [-0.2, 0) is 10.0 Å². The first-order valence-electron chi connectivity index (χ1n) is 6.42. The number of hydrogen-bond acceptors (Lipinski definition) is 3. The second-order valence-electron chi connectivity index (χ2n) is 4.97. The van der Waals surface area contributed by atoms with Crippen LogP contribution in [0.5, 0.6) is 0 Å². The van der Waals surface area contributed by atoms with Crippen LogP contribution in [0, 0.1) is 29.5 Å². The van der Waals surface area contributed by atoms with E-state index in [2.05, 4.69) is 23.5 Å². The van der Waals surface area contributed by atoms with Crippen LogP contribution in [0.15, 0.2) is 23.1 Å². The predicted molar refractivity (Wildman–Crippen MR) is 74.8 cm³/mol. The molecule has 4 nitrogen and oxygen atoms in total. The van der Waals surface area contributed by atoms with Crippen LogP contribution in [-0.4, -0.2) is 21.5 Å². The van der Waals surface area contributed by atoms with Crippen LogP contribution in [0.1, 0.15) is 18.9 Å². The molecule has 1 aromatic carbocycles. The topological polar surface area (TPSA) is 72.2 Å². The number of rotatable bonds is 4. The van der Waals surface area contributed by atoms with Crippen molar-refractivity contribution in [3.05, 3.63) is 29.6 Å². The molecule has 108 valence electrons. The Morgan fingerprint density at radius 3 is 2.80 bits per heavy atom. The van der Waals surface area contributed by atoms with Crippen LogP contribution in [0.3, 0.4) is 0 Å². The van der Waals surface area contributed by atoms with Crippen molar-refractivity contribution in [1.29, 1.82) is 0 Å². The van der Waals surface area contributed by atoms with Crippen molar-refractivity contribution in [3.8, 4) is 11.8 Å². The molecule has 1 aliphatic carbocycles. The monoisotopic (exact) mass is 296 g/mol. The van der Waals surface area contributed by atoms with Crippen molar-refractivity contribution in [3.63, 3.8) is 0 Å². The van der Waals surface area contributed by atoms with Crippen molar-refractivity contribution in [2.24, 2.45) is 17.6 Å². The molecule has 3 N–H and O–H groups in total. The predicted octanol–water partition coefficient (Wildman–Crippen LogP) is 1.07. The van der Waals surface area contributed by atoms with Gasteiger partial charge in [-0.15, -0.1) is 0 Å². The van der Waals surface area contributed by atoms with Crippen LogP contribution in [0.25, 0.3) is 0 Å². The Bertz CT molecular complexity index is 661. The molecular weight excluding hydrogens is 279 g/mol. The third-order valence-corrected chi connectivity index (χ3v) is 4.85. The van der Waals surface area contributed by atoms with Crippen molar-refractivity contribution in [1.82, 2.24) is 4.72 Å². The van der Waals surface area contributed by atoms with Gasteiger partial charge in [-0.25, -0.2) is 17.5 Å². The molecule has 2 unspecified atom stereocenters. The van der Waals surface area contributed by atoms with Gasteiger partial charge in [0, 0.05) is 12.1 Å². The summed E-state index contributed by atoms with van der Waals surface area (Å²) in [6.07, 6.45) is 1.03. The molecule has 20 heavy (non-hydrogen) atoms. The van der Waals surface area contributed by atoms with Gasteiger partial charge in [0.25, 0.3) is 0 Å². The fraction of sp³-hybridized carbons (Fsp3) is 0.429. The maximum absolute atomic E-state index is 13.2. The minimum Gasteiger partial charge on any atom is -0.320 e. The minimum atomic E-state index is -3.68. The zero-order valence-corrected chi connectivity index (χ0v) is 12.0. The van der Waals surface area contributed by atoms with E-state index in [1.54, 1.807) is 0 Å². The smallest absolute Gasteiger partial charge is 0.241 e. The number of hydrogen-bond donors (Lipinski definition) is 2. The van der Waals surface area contributed by atoms with Gasteiger partial charge in [0.05, 0.1) is 11.4 Å². The highest BCUT2D eigenvalue weighted by atomic mass is 32.2. The number of sulfonamides is 1. The van der Waals surface area contributed by atoms with E-state index in [0.717, 1.165) is 18.6 Å². The van der Waals surface area contributed by atoms with Crippen molar-refractivity contribution >= 4 is 10.0 Å². The van der Waals surface area contributed by atoms with E-state index in [-0.39, 0.29) is 17.0 Å². The summed E-state index contributed by atoms with van der Waals surface area (Å²) in [5.41, 5.74) is 5.39. The van der Waals surface area contributed by atoms with E-state index >= 15 is 0 Å². The van der Waals surface area contributed by atoms with Crippen molar-refractivity contribution < 1.29 is 12.8 Å². The van der Waals surface area contributed by atoms with E-state index in [1.165, 1.54) is 6.07 Å². The molecule has 0 amide bonds. The van der Waals surface area contributed by atoms with E-state index in [1.807, 2.05) is 0 Å². The Labute approximate surface area is 118 Å². The largest absolute Gasteiger partial charge is 0.320 e. The summed E-state index contributed by atoms with van der Waals surface area (Å²) >= 11 is 0. The van der Waals surface area contributed by atoms with Crippen LogP contribution in [0.4, 0.5) is 4.39 Å². The summed E-state index contributed by atoms with van der Waals surface area (Å²) in [4.78, 5) is -0.00634. The third kappa shape index (κ3) is 3.57. The lowest BCUT2D eigenvalue weighted by Crippen LogP contribution is -2.27.